The minimum atomic E-state index is -0.396. The van der Waals surface area contributed by atoms with Gasteiger partial charge < -0.3 is 10.1 Å². The SMILES string of the molecule is CCOc1cc(NC(C)CC(C)CC)cc([N+](=O)[O-])c1. The zero-order chi connectivity index (χ0) is 15.1. The number of hydrogen-bond acceptors (Lipinski definition) is 4. The number of nitro groups is 1. The fourth-order valence-electron chi connectivity index (χ4n) is 2.14. The van der Waals surface area contributed by atoms with Crippen LogP contribution in [0.2, 0.25) is 0 Å². The van der Waals surface area contributed by atoms with Gasteiger partial charge in [0.15, 0.2) is 0 Å². The van der Waals surface area contributed by atoms with E-state index in [0.29, 0.717) is 18.3 Å². The molecule has 0 heterocycles. The van der Waals surface area contributed by atoms with E-state index in [4.69, 9.17) is 4.74 Å². The van der Waals surface area contributed by atoms with E-state index < -0.39 is 4.92 Å². The van der Waals surface area contributed by atoms with Crippen molar-refractivity contribution >= 4 is 11.4 Å². The molecule has 0 radical (unpaired) electrons. The molecule has 0 aliphatic carbocycles. The number of non-ortho nitro benzene ring substituents is 1. The van der Waals surface area contributed by atoms with Crippen LogP contribution in [0.5, 0.6) is 5.75 Å². The van der Waals surface area contributed by atoms with Crippen LogP contribution in [0.25, 0.3) is 0 Å². The van der Waals surface area contributed by atoms with Gasteiger partial charge in [0.05, 0.1) is 17.6 Å². The fourth-order valence-corrected chi connectivity index (χ4v) is 2.14. The van der Waals surface area contributed by atoms with Crippen molar-refractivity contribution in [3.05, 3.63) is 28.3 Å². The summed E-state index contributed by atoms with van der Waals surface area (Å²) in [5, 5.41) is 14.3. The smallest absolute Gasteiger partial charge is 0.275 e. The molecule has 2 atom stereocenters. The van der Waals surface area contributed by atoms with Gasteiger partial charge in [-0.25, -0.2) is 0 Å². The van der Waals surface area contributed by atoms with E-state index in [1.807, 2.05) is 13.0 Å². The molecule has 5 nitrogen and oxygen atoms in total. The van der Waals surface area contributed by atoms with Crippen molar-refractivity contribution in [2.24, 2.45) is 5.92 Å². The van der Waals surface area contributed by atoms with Crippen LogP contribution in [0.3, 0.4) is 0 Å². The number of nitro benzene ring substituents is 1. The van der Waals surface area contributed by atoms with Gasteiger partial charge in [0.2, 0.25) is 0 Å². The van der Waals surface area contributed by atoms with E-state index in [1.165, 1.54) is 6.07 Å². The van der Waals surface area contributed by atoms with Gasteiger partial charge in [-0.05, 0) is 26.2 Å². The largest absolute Gasteiger partial charge is 0.494 e. The molecule has 1 aromatic rings. The topological polar surface area (TPSA) is 64.4 Å². The second-order valence-corrected chi connectivity index (χ2v) is 5.20. The zero-order valence-corrected chi connectivity index (χ0v) is 12.7. The fraction of sp³-hybridized carbons (Fsp3) is 0.600. The number of benzene rings is 1. The van der Waals surface area contributed by atoms with Crippen molar-refractivity contribution in [1.29, 1.82) is 0 Å². The van der Waals surface area contributed by atoms with Crippen molar-refractivity contribution in [2.75, 3.05) is 11.9 Å². The Bertz CT molecular complexity index is 449. The van der Waals surface area contributed by atoms with Crippen LogP contribution >= 0.6 is 0 Å². The highest BCUT2D eigenvalue weighted by molar-refractivity contribution is 5.56. The normalized spacial score (nSPS) is 13.6. The second-order valence-electron chi connectivity index (χ2n) is 5.20. The number of nitrogens with zero attached hydrogens (tertiary/aromatic N) is 1. The summed E-state index contributed by atoms with van der Waals surface area (Å²) in [5.41, 5.74) is 0.785. The summed E-state index contributed by atoms with van der Waals surface area (Å²) in [7, 11) is 0. The number of ether oxygens (including phenoxy) is 1. The summed E-state index contributed by atoms with van der Waals surface area (Å²) in [5.74, 6) is 1.16. The summed E-state index contributed by atoms with van der Waals surface area (Å²) in [6.45, 7) is 8.81. The van der Waals surface area contributed by atoms with Gasteiger partial charge in [-0.3, -0.25) is 10.1 Å². The van der Waals surface area contributed by atoms with Crippen LogP contribution < -0.4 is 10.1 Å². The molecule has 20 heavy (non-hydrogen) atoms. The molecule has 0 aliphatic heterocycles. The Balaban J connectivity index is 2.84. The monoisotopic (exact) mass is 280 g/mol. The molecule has 112 valence electrons. The minimum absolute atomic E-state index is 0.0502. The highest BCUT2D eigenvalue weighted by atomic mass is 16.6. The number of nitrogens with one attached hydrogen (secondary N) is 1. The van der Waals surface area contributed by atoms with Crippen molar-refractivity contribution in [3.8, 4) is 5.75 Å². The van der Waals surface area contributed by atoms with Gasteiger partial charge in [-0.15, -0.1) is 0 Å². The van der Waals surface area contributed by atoms with Crippen LogP contribution in [-0.4, -0.2) is 17.6 Å². The third kappa shape index (κ3) is 5.07. The zero-order valence-electron chi connectivity index (χ0n) is 12.7. The van der Waals surface area contributed by atoms with Crippen LogP contribution in [0, 0.1) is 16.0 Å². The van der Waals surface area contributed by atoms with Gasteiger partial charge in [0.25, 0.3) is 5.69 Å². The van der Waals surface area contributed by atoms with Crippen LogP contribution in [0.4, 0.5) is 11.4 Å². The number of rotatable bonds is 8. The average molecular weight is 280 g/mol. The van der Waals surface area contributed by atoms with Crippen molar-refractivity contribution in [2.45, 2.75) is 46.6 Å². The molecule has 0 amide bonds. The molecule has 0 saturated heterocycles. The molecule has 2 unspecified atom stereocenters. The first kappa shape index (κ1) is 16.3. The molecule has 0 saturated carbocycles. The van der Waals surface area contributed by atoms with Crippen molar-refractivity contribution in [1.82, 2.24) is 0 Å². The second kappa shape index (κ2) is 7.72. The van der Waals surface area contributed by atoms with Crippen molar-refractivity contribution in [3.63, 3.8) is 0 Å². The summed E-state index contributed by atoms with van der Waals surface area (Å²) in [4.78, 5) is 10.5. The Morgan fingerprint density at radius 2 is 2.00 bits per heavy atom. The summed E-state index contributed by atoms with van der Waals surface area (Å²) >= 11 is 0. The van der Waals surface area contributed by atoms with E-state index in [0.717, 1.165) is 18.5 Å². The Morgan fingerprint density at radius 3 is 2.55 bits per heavy atom. The molecule has 1 rings (SSSR count). The molecule has 0 bridgehead atoms. The molecule has 0 fully saturated rings. The van der Waals surface area contributed by atoms with E-state index in [2.05, 4.69) is 26.1 Å². The van der Waals surface area contributed by atoms with Gasteiger partial charge in [0.1, 0.15) is 5.75 Å². The molecule has 0 aliphatic rings. The lowest BCUT2D eigenvalue weighted by molar-refractivity contribution is -0.384. The summed E-state index contributed by atoms with van der Waals surface area (Å²) < 4.78 is 5.38. The van der Waals surface area contributed by atoms with E-state index in [9.17, 15) is 10.1 Å². The molecule has 1 N–H and O–H groups in total. The molecular weight excluding hydrogens is 256 g/mol. The lowest BCUT2D eigenvalue weighted by atomic mass is 10.0. The molecule has 0 spiro atoms. The predicted molar refractivity (Wildman–Crippen MR) is 81.4 cm³/mol. The van der Waals surface area contributed by atoms with Crippen molar-refractivity contribution < 1.29 is 9.66 Å². The Morgan fingerprint density at radius 1 is 1.30 bits per heavy atom. The van der Waals surface area contributed by atoms with Gasteiger partial charge >= 0.3 is 0 Å². The van der Waals surface area contributed by atoms with Gasteiger partial charge in [0, 0.05) is 23.9 Å². The van der Waals surface area contributed by atoms with E-state index in [1.54, 1.807) is 6.07 Å². The maximum atomic E-state index is 10.9. The molecule has 5 heteroatoms. The summed E-state index contributed by atoms with van der Waals surface area (Å²) in [6.07, 6.45) is 2.16. The molecule has 0 aromatic heterocycles. The standard InChI is InChI=1S/C15H24N2O3/c1-5-11(3)7-12(4)16-13-8-14(17(18)19)10-15(9-13)20-6-2/h8-12,16H,5-7H2,1-4H3. The lowest BCUT2D eigenvalue weighted by Gasteiger charge is -2.19. The van der Waals surface area contributed by atoms with E-state index >= 15 is 0 Å². The quantitative estimate of drug-likeness (QED) is 0.571. The number of hydrogen-bond donors (Lipinski definition) is 1. The Hall–Kier alpha value is -1.78. The first-order chi connectivity index (χ1) is 9.46. The molecule has 1 aromatic carbocycles. The summed E-state index contributed by atoms with van der Waals surface area (Å²) in [6, 6.07) is 5.08. The van der Waals surface area contributed by atoms with Crippen LogP contribution in [-0.2, 0) is 0 Å². The predicted octanol–water partition coefficient (Wildman–Crippen LogP) is 4.23. The lowest BCUT2D eigenvalue weighted by Crippen LogP contribution is -2.18. The maximum absolute atomic E-state index is 10.9. The van der Waals surface area contributed by atoms with Crippen LogP contribution in [0.1, 0.15) is 40.5 Å². The van der Waals surface area contributed by atoms with Crippen LogP contribution in [0.15, 0.2) is 18.2 Å². The first-order valence-electron chi connectivity index (χ1n) is 7.15. The highest BCUT2D eigenvalue weighted by Crippen LogP contribution is 2.27. The Kier molecular flexibility index (Phi) is 6.28. The Labute approximate surface area is 120 Å². The minimum Gasteiger partial charge on any atom is -0.494 e. The average Bonchev–Trinajstić information content (AvgIpc) is 2.38. The third-order valence-electron chi connectivity index (χ3n) is 3.28. The van der Waals surface area contributed by atoms with Gasteiger partial charge in [-0.2, -0.15) is 0 Å². The molecular formula is C15H24N2O3. The maximum Gasteiger partial charge on any atom is 0.275 e. The first-order valence-corrected chi connectivity index (χ1v) is 7.15. The van der Waals surface area contributed by atoms with E-state index in [-0.39, 0.29) is 11.7 Å². The third-order valence-corrected chi connectivity index (χ3v) is 3.28. The van der Waals surface area contributed by atoms with Gasteiger partial charge in [-0.1, -0.05) is 20.3 Å². The highest BCUT2D eigenvalue weighted by Gasteiger charge is 2.13. The number of anilines is 1.